The predicted octanol–water partition coefficient (Wildman–Crippen LogP) is 1.96. The van der Waals surface area contributed by atoms with Crippen molar-refractivity contribution < 1.29 is 5.11 Å². The van der Waals surface area contributed by atoms with Gasteiger partial charge in [0.25, 0.3) is 0 Å². The third-order valence-corrected chi connectivity index (χ3v) is 2.26. The fraction of sp³-hybridized carbons (Fsp3) is 0.333. The summed E-state index contributed by atoms with van der Waals surface area (Å²) in [6.07, 6.45) is 0. The Balaban J connectivity index is 3.11. The molecular weight excluding hydrogens is 218 g/mol. The highest BCUT2D eigenvalue weighted by molar-refractivity contribution is 9.10. The summed E-state index contributed by atoms with van der Waals surface area (Å²) in [5.74, 6) is 0. The highest BCUT2D eigenvalue weighted by Gasteiger charge is 2.05. The summed E-state index contributed by atoms with van der Waals surface area (Å²) >= 11 is 3.33. The highest BCUT2D eigenvalue weighted by atomic mass is 79.9. The summed E-state index contributed by atoms with van der Waals surface area (Å²) in [5.41, 5.74) is 7.60. The Hall–Kier alpha value is -0.380. The van der Waals surface area contributed by atoms with Crippen molar-refractivity contribution in [1.82, 2.24) is 0 Å². The van der Waals surface area contributed by atoms with Gasteiger partial charge in [0.15, 0.2) is 0 Å². The number of rotatable bonds is 2. The molecule has 0 aliphatic carbocycles. The number of aliphatic hydroxyl groups excluding tert-OH is 1. The Morgan fingerprint density at radius 1 is 1.58 bits per heavy atom. The topological polar surface area (TPSA) is 46.2 Å². The van der Waals surface area contributed by atoms with Gasteiger partial charge in [0.2, 0.25) is 0 Å². The first-order chi connectivity index (χ1) is 5.65. The Morgan fingerprint density at radius 3 is 2.75 bits per heavy atom. The van der Waals surface area contributed by atoms with E-state index in [0.29, 0.717) is 0 Å². The van der Waals surface area contributed by atoms with Crippen LogP contribution in [0.15, 0.2) is 22.7 Å². The predicted molar refractivity (Wildman–Crippen MR) is 52.7 cm³/mol. The van der Waals surface area contributed by atoms with Crippen molar-refractivity contribution in [2.45, 2.75) is 19.6 Å². The number of nitrogens with two attached hydrogens (primary N) is 1. The standard InChI is InChI=1S/C9H12BrNO/c1-6(11)9-3-2-8(10)4-7(9)5-12/h2-4,6,12H,5,11H2,1H3/t6-/m1/s1. The zero-order valence-corrected chi connectivity index (χ0v) is 8.51. The van der Waals surface area contributed by atoms with E-state index in [4.69, 9.17) is 10.8 Å². The lowest BCUT2D eigenvalue weighted by atomic mass is 10.0. The van der Waals surface area contributed by atoms with Crippen LogP contribution in [-0.4, -0.2) is 5.11 Å². The molecule has 0 aliphatic heterocycles. The second-order valence-corrected chi connectivity index (χ2v) is 3.71. The van der Waals surface area contributed by atoms with E-state index in [1.54, 1.807) is 0 Å². The molecule has 1 aromatic carbocycles. The van der Waals surface area contributed by atoms with Gasteiger partial charge < -0.3 is 10.8 Å². The third-order valence-electron chi connectivity index (χ3n) is 1.77. The van der Waals surface area contributed by atoms with Gasteiger partial charge in [0.05, 0.1) is 6.61 Å². The minimum absolute atomic E-state index is 0.0275. The van der Waals surface area contributed by atoms with Gasteiger partial charge in [0.1, 0.15) is 0 Å². The van der Waals surface area contributed by atoms with E-state index in [1.165, 1.54) is 0 Å². The molecule has 1 aromatic rings. The van der Waals surface area contributed by atoms with E-state index in [1.807, 2.05) is 25.1 Å². The lowest BCUT2D eigenvalue weighted by Gasteiger charge is -2.10. The average molecular weight is 230 g/mol. The highest BCUT2D eigenvalue weighted by Crippen LogP contribution is 2.20. The summed E-state index contributed by atoms with van der Waals surface area (Å²) < 4.78 is 0.968. The van der Waals surface area contributed by atoms with E-state index in [2.05, 4.69) is 15.9 Å². The Bertz CT molecular complexity index is 273. The number of halogens is 1. The van der Waals surface area contributed by atoms with Crippen LogP contribution in [0.1, 0.15) is 24.1 Å². The van der Waals surface area contributed by atoms with Crippen molar-refractivity contribution in [1.29, 1.82) is 0 Å². The van der Waals surface area contributed by atoms with Crippen molar-refractivity contribution in [3.63, 3.8) is 0 Å². The minimum atomic E-state index is -0.0275. The molecule has 3 N–H and O–H groups in total. The van der Waals surface area contributed by atoms with Crippen molar-refractivity contribution in [2.24, 2.45) is 5.73 Å². The van der Waals surface area contributed by atoms with Crippen LogP contribution in [0.4, 0.5) is 0 Å². The van der Waals surface area contributed by atoms with Crippen LogP contribution >= 0.6 is 15.9 Å². The van der Waals surface area contributed by atoms with Crippen LogP contribution in [0.25, 0.3) is 0 Å². The summed E-state index contributed by atoms with van der Waals surface area (Å²) in [7, 11) is 0. The zero-order chi connectivity index (χ0) is 9.14. The molecule has 0 unspecified atom stereocenters. The molecule has 0 fully saturated rings. The molecule has 1 atom stereocenters. The number of benzene rings is 1. The van der Waals surface area contributed by atoms with Crippen LogP contribution in [0.2, 0.25) is 0 Å². The summed E-state index contributed by atoms with van der Waals surface area (Å²) in [6.45, 7) is 1.94. The van der Waals surface area contributed by atoms with Crippen LogP contribution in [0.5, 0.6) is 0 Å². The van der Waals surface area contributed by atoms with Crippen molar-refractivity contribution in [3.05, 3.63) is 33.8 Å². The van der Waals surface area contributed by atoms with Crippen molar-refractivity contribution in [3.8, 4) is 0 Å². The normalized spacial score (nSPS) is 13.0. The molecule has 0 saturated heterocycles. The third kappa shape index (κ3) is 2.06. The maximum absolute atomic E-state index is 9.02. The van der Waals surface area contributed by atoms with E-state index in [0.717, 1.165) is 15.6 Å². The maximum Gasteiger partial charge on any atom is 0.0685 e. The van der Waals surface area contributed by atoms with Crippen LogP contribution < -0.4 is 5.73 Å². The molecule has 0 spiro atoms. The Labute approximate surface area is 80.5 Å². The lowest BCUT2D eigenvalue weighted by Crippen LogP contribution is -2.08. The van der Waals surface area contributed by atoms with E-state index < -0.39 is 0 Å². The zero-order valence-electron chi connectivity index (χ0n) is 6.92. The molecule has 3 heteroatoms. The van der Waals surface area contributed by atoms with Crippen LogP contribution in [0.3, 0.4) is 0 Å². The largest absolute Gasteiger partial charge is 0.392 e. The minimum Gasteiger partial charge on any atom is -0.392 e. The fourth-order valence-corrected chi connectivity index (χ4v) is 1.56. The molecular formula is C9H12BrNO. The van der Waals surface area contributed by atoms with Gasteiger partial charge >= 0.3 is 0 Å². The van der Waals surface area contributed by atoms with Gasteiger partial charge in [-0.25, -0.2) is 0 Å². The molecule has 0 aliphatic rings. The van der Waals surface area contributed by atoms with Crippen LogP contribution in [-0.2, 0) is 6.61 Å². The summed E-state index contributed by atoms with van der Waals surface area (Å²) in [5, 5.41) is 9.02. The molecule has 0 radical (unpaired) electrons. The lowest BCUT2D eigenvalue weighted by molar-refractivity contribution is 0.280. The van der Waals surface area contributed by atoms with Gasteiger partial charge in [-0.15, -0.1) is 0 Å². The number of hydrogen-bond donors (Lipinski definition) is 2. The molecule has 0 amide bonds. The van der Waals surface area contributed by atoms with Crippen molar-refractivity contribution in [2.75, 3.05) is 0 Å². The quantitative estimate of drug-likeness (QED) is 0.815. The first-order valence-electron chi connectivity index (χ1n) is 3.80. The Morgan fingerprint density at radius 2 is 2.25 bits per heavy atom. The molecule has 0 heterocycles. The molecule has 0 bridgehead atoms. The van der Waals surface area contributed by atoms with Crippen molar-refractivity contribution >= 4 is 15.9 Å². The summed E-state index contributed by atoms with van der Waals surface area (Å²) in [6, 6.07) is 5.72. The van der Waals surface area contributed by atoms with Gasteiger partial charge in [-0.2, -0.15) is 0 Å². The van der Waals surface area contributed by atoms with Gasteiger partial charge in [-0.3, -0.25) is 0 Å². The second kappa shape index (κ2) is 4.03. The number of aliphatic hydroxyl groups is 1. The molecule has 1 rings (SSSR count). The van der Waals surface area contributed by atoms with Crippen LogP contribution in [0, 0.1) is 0 Å². The van der Waals surface area contributed by atoms with E-state index >= 15 is 0 Å². The molecule has 12 heavy (non-hydrogen) atoms. The van der Waals surface area contributed by atoms with E-state index in [9.17, 15) is 0 Å². The number of hydrogen-bond acceptors (Lipinski definition) is 2. The average Bonchev–Trinajstić information content (AvgIpc) is 2.03. The summed E-state index contributed by atoms with van der Waals surface area (Å²) in [4.78, 5) is 0. The molecule has 66 valence electrons. The maximum atomic E-state index is 9.02. The molecule has 0 saturated carbocycles. The SMILES string of the molecule is C[C@@H](N)c1ccc(Br)cc1CO. The fourth-order valence-electron chi connectivity index (χ4n) is 1.16. The monoisotopic (exact) mass is 229 g/mol. The van der Waals surface area contributed by atoms with Gasteiger partial charge in [-0.05, 0) is 30.2 Å². The molecule has 0 aromatic heterocycles. The van der Waals surface area contributed by atoms with E-state index in [-0.39, 0.29) is 12.6 Å². The molecule has 2 nitrogen and oxygen atoms in total. The first kappa shape index (κ1) is 9.71. The first-order valence-corrected chi connectivity index (χ1v) is 4.59. The van der Waals surface area contributed by atoms with Gasteiger partial charge in [-0.1, -0.05) is 22.0 Å². The smallest absolute Gasteiger partial charge is 0.0685 e. The Kier molecular flexibility index (Phi) is 3.26. The van der Waals surface area contributed by atoms with Gasteiger partial charge in [0, 0.05) is 10.5 Å². The second-order valence-electron chi connectivity index (χ2n) is 2.79.